The van der Waals surface area contributed by atoms with Crippen LogP contribution in [0.2, 0.25) is 0 Å². The highest BCUT2D eigenvalue weighted by molar-refractivity contribution is 6.16. The fraction of sp³-hybridized carbons (Fsp3) is 0.517. The molecule has 0 spiro atoms. The van der Waals surface area contributed by atoms with Gasteiger partial charge < -0.3 is 10.6 Å². The number of amides is 2. The Morgan fingerprint density at radius 3 is 2.53 bits per heavy atom. The number of allylic oxidation sites excluding steroid dienone is 5. The number of hydrogen-bond donors (Lipinski definition) is 2. The molecule has 0 aromatic heterocycles. The minimum Gasteiger partial charge on any atom is -0.325 e. The first-order valence-corrected chi connectivity index (χ1v) is 13.2. The second-order valence-corrected chi connectivity index (χ2v) is 9.51. The van der Waals surface area contributed by atoms with E-state index in [-0.39, 0.29) is 17.9 Å². The van der Waals surface area contributed by atoms with E-state index in [9.17, 15) is 9.59 Å². The molecule has 2 N–H and O–H groups in total. The maximum Gasteiger partial charge on any atom is 0.257 e. The molecule has 196 valence electrons. The van der Waals surface area contributed by atoms with Gasteiger partial charge >= 0.3 is 0 Å². The number of rotatable bonds is 10. The lowest BCUT2D eigenvalue weighted by atomic mass is 10.1. The van der Waals surface area contributed by atoms with Crippen LogP contribution in [-0.2, 0) is 9.59 Å². The molecule has 1 atom stereocenters. The second-order valence-electron chi connectivity index (χ2n) is 9.51. The van der Waals surface area contributed by atoms with Crippen LogP contribution in [0, 0.1) is 0 Å². The Morgan fingerprint density at radius 2 is 1.86 bits per heavy atom. The van der Waals surface area contributed by atoms with Gasteiger partial charge in [-0.2, -0.15) is 0 Å². The van der Waals surface area contributed by atoms with Crippen molar-refractivity contribution in [1.29, 1.82) is 0 Å². The Balaban J connectivity index is 2.25. The van der Waals surface area contributed by atoms with Crippen molar-refractivity contribution in [1.82, 2.24) is 15.5 Å². The van der Waals surface area contributed by atoms with Gasteiger partial charge in [-0.05, 0) is 83.3 Å². The number of piperidine rings is 1. The van der Waals surface area contributed by atoms with Gasteiger partial charge in [0.1, 0.15) is 0 Å². The third-order valence-electron chi connectivity index (χ3n) is 6.08. The highest BCUT2D eigenvalue weighted by Gasteiger charge is 2.16. The average Bonchev–Trinajstić information content (AvgIpc) is 2.94. The number of nitrogens with one attached hydrogen (secondary N) is 2. The standard InChI is InChI=1S/C29H43N5O2/c1-6-8-10-13-25(32-28(35)21-34-16-11-9-12-17-34)18-27(22(3)4)33-29(36)26-20-31-24(7-2)14-15-30-19-23(26)5/h10,13-15,18-20,24H,6-9,11-12,16-17,21H2,1-5H3,(H,32,35)(H,33,36)/b13-10+,15-14-,25-18+,26-23-,30-19-,31-20?. The Kier molecular flexibility index (Phi) is 12.8. The molecule has 2 aliphatic rings. The van der Waals surface area contributed by atoms with Gasteiger partial charge in [0.15, 0.2) is 0 Å². The highest BCUT2D eigenvalue weighted by Crippen LogP contribution is 2.12. The van der Waals surface area contributed by atoms with Crippen LogP contribution in [0.1, 0.15) is 73.1 Å². The quantitative estimate of drug-likeness (QED) is 0.420. The molecule has 0 aliphatic carbocycles. The first-order chi connectivity index (χ1) is 17.3. The SMILES string of the molecule is CCC/C=C/C(=C\C(NC(=O)\C1=C(C)/C=N\C=C/C(CC)N=C1)=C(C)C)NC(=O)CN1CCCCC1. The van der Waals surface area contributed by atoms with Crippen LogP contribution < -0.4 is 10.6 Å². The molecule has 7 nitrogen and oxygen atoms in total. The first-order valence-electron chi connectivity index (χ1n) is 13.2. The molecule has 0 saturated carbocycles. The number of unbranched alkanes of at least 4 members (excludes halogenated alkanes) is 1. The van der Waals surface area contributed by atoms with Crippen molar-refractivity contribution < 1.29 is 9.59 Å². The average molecular weight is 494 g/mol. The van der Waals surface area contributed by atoms with Crippen LogP contribution >= 0.6 is 0 Å². The summed E-state index contributed by atoms with van der Waals surface area (Å²) in [4.78, 5) is 37.1. The van der Waals surface area contributed by atoms with E-state index in [1.165, 1.54) is 6.42 Å². The molecule has 0 aromatic carbocycles. The van der Waals surface area contributed by atoms with Gasteiger partial charge in [0, 0.05) is 30.0 Å². The molecule has 1 unspecified atom stereocenters. The van der Waals surface area contributed by atoms with E-state index < -0.39 is 0 Å². The molecule has 2 heterocycles. The Bertz CT molecular complexity index is 972. The van der Waals surface area contributed by atoms with Crippen LogP contribution in [0.25, 0.3) is 0 Å². The van der Waals surface area contributed by atoms with E-state index in [1.807, 2.05) is 52.0 Å². The van der Waals surface area contributed by atoms with E-state index in [2.05, 4.69) is 32.4 Å². The first kappa shape index (κ1) is 29.2. The topological polar surface area (TPSA) is 86.2 Å². The van der Waals surface area contributed by atoms with E-state index in [0.29, 0.717) is 23.5 Å². The van der Waals surface area contributed by atoms with Gasteiger partial charge in [-0.3, -0.25) is 24.5 Å². The van der Waals surface area contributed by atoms with Crippen molar-refractivity contribution in [3.8, 4) is 0 Å². The fourth-order valence-electron chi connectivity index (χ4n) is 3.85. The molecule has 0 aromatic rings. The zero-order chi connectivity index (χ0) is 26.3. The number of nitrogens with zero attached hydrogens (tertiary/aromatic N) is 3. The fourth-order valence-corrected chi connectivity index (χ4v) is 3.85. The molecule has 0 bridgehead atoms. The predicted octanol–water partition coefficient (Wildman–Crippen LogP) is 5.00. The van der Waals surface area contributed by atoms with Crippen molar-refractivity contribution in [2.75, 3.05) is 19.6 Å². The van der Waals surface area contributed by atoms with Gasteiger partial charge in [-0.15, -0.1) is 0 Å². The lowest BCUT2D eigenvalue weighted by molar-refractivity contribution is -0.121. The molecule has 2 amide bonds. The van der Waals surface area contributed by atoms with Crippen LogP contribution in [-0.4, -0.2) is 54.8 Å². The van der Waals surface area contributed by atoms with E-state index >= 15 is 0 Å². The van der Waals surface area contributed by atoms with Gasteiger partial charge in [0.2, 0.25) is 5.91 Å². The highest BCUT2D eigenvalue weighted by atomic mass is 16.2. The van der Waals surface area contributed by atoms with Gasteiger partial charge in [0.25, 0.3) is 5.91 Å². The minimum atomic E-state index is -0.261. The summed E-state index contributed by atoms with van der Waals surface area (Å²) in [5.41, 5.74) is 3.42. The molecular weight excluding hydrogens is 450 g/mol. The molecule has 7 heteroatoms. The lowest BCUT2D eigenvalue weighted by Gasteiger charge is -2.25. The Labute approximate surface area is 216 Å². The van der Waals surface area contributed by atoms with Gasteiger partial charge in [-0.1, -0.05) is 38.3 Å². The zero-order valence-electron chi connectivity index (χ0n) is 22.6. The van der Waals surface area contributed by atoms with E-state index in [1.54, 1.807) is 18.6 Å². The van der Waals surface area contributed by atoms with Gasteiger partial charge in [0.05, 0.1) is 18.2 Å². The summed E-state index contributed by atoms with van der Waals surface area (Å²) >= 11 is 0. The molecule has 1 fully saturated rings. The van der Waals surface area contributed by atoms with E-state index in [4.69, 9.17) is 0 Å². The maximum absolute atomic E-state index is 13.3. The predicted molar refractivity (Wildman–Crippen MR) is 150 cm³/mol. The summed E-state index contributed by atoms with van der Waals surface area (Å²) in [6, 6.07) is -0.0240. The number of carbonyl (C=O) groups is 2. The van der Waals surface area contributed by atoms with Crippen molar-refractivity contribution >= 4 is 24.2 Å². The van der Waals surface area contributed by atoms with Crippen LogP contribution in [0.4, 0.5) is 0 Å². The minimum absolute atomic E-state index is 0.0240. The maximum atomic E-state index is 13.3. The van der Waals surface area contributed by atoms with Crippen LogP contribution in [0.15, 0.2) is 68.6 Å². The summed E-state index contributed by atoms with van der Waals surface area (Å²) in [7, 11) is 0. The molecule has 1 saturated heterocycles. The molecule has 0 radical (unpaired) electrons. The third-order valence-corrected chi connectivity index (χ3v) is 6.08. The van der Waals surface area contributed by atoms with Crippen molar-refractivity contribution in [2.24, 2.45) is 9.98 Å². The second kappa shape index (κ2) is 15.8. The monoisotopic (exact) mass is 493 g/mol. The molecule has 36 heavy (non-hydrogen) atoms. The summed E-state index contributed by atoms with van der Waals surface area (Å²) in [5.74, 6) is -0.302. The number of likely N-dealkylation sites (tertiary alicyclic amines) is 1. The van der Waals surface area contributed by atoms with Gasteiger partial charge in [-0.25, -0.2) is 0 Å². The largest absolute Gasteiger partial charge is 0.325 e. The number of aliphatic imine (C=N–C) groups is 2. The summed E-state index contributed by atoms with van der Waals surface area (Å²) < 4.78 is 0. The van der Waals surface area contributed by atoms with Crippen LogP contribution in [0.3, 0.4) is 0 Å². The third kappa shape index (κ3) is 10.3. The Morgan fingerprint density at radius 1 is 1.11 bits per heavy atom. The summed E-state index contributed by atoms with van der Waals surface area (Å²) in [5, 5.41) is 6.08. The smallest absolute Gasteiger partial charge is 0.257 e. The summed E-state index contributed by atoms with van der Waals surface area (Å²) in [6.07, 6.45) is 19.0. The number of hydrogen-bond acceptors (Lipinski definition) is 5. The van der Waals surface area contributed by atoms with Crippen molar-refractivity contribution in [2.45, 2.75) is 79.2 Å². The normalized spacial score (nSPS) is 22.9. The van der Waals surface area contributed by atoms with E-state index in [0.717, 1.165) is 56.3 Å². The summed E-state index contributed by atoms with van der Waals surface area (Å²) in [6.45, 7) is 12.2. The van der Waals surface area contributed by atoms with Crippen molar-refractivity contribution in [3.05, 3.63) is 58.6 Å². The molecule has 2 aliphatic heterocycles. The van der Waals surface area contributed by atoms with Crippen molar-refractivity contribution in [3.63, 3.8) is 0 Å². The lowest BCUT2D eigenvalue weighted by Crippen LogP contribution is -2.39. The molecular formula is C29H43N5O2. The number of carbonyl (C=O) groups excluding carboxylic acids is 2. The Hall–Kier alpha value is -3.06. The molecule has 2 rings (SSSR count). The van der Waals surface area contributed by atoms with Crippen LogP contribution in [0.5, 0.6) is 0 Å². The zero-order valence-corrected chi connectivity index (χ0v) is 22.6.